The Balaban J connectivity index is 3.32. The number of carbonyl (C=O) groups is 1. The fourth-order valence-corrected chi connectivity index (χ4v) is 3.49. The second-order valence-electron chi connectivity index (χ2n) is 8.15. The van der Waals surface area contributed by atoms with Crippen molar-refractivity contribution in [1.29, 1.82) is 5.26 Å². The van der Waals surface area contributed by atoms with Gasteiger partial charge in [0.1, 0.15) is 30.5 Å². The Labute approximate surface area is 208 Å². The van der Waals surface area contributed by atoms with Crippen LogP contribution >= 0.6 is 0 Å². The molecular weight excluding hydrogens is 454 g/mol. The summed E-state index contributed by atoms with van der Waals surface area (Å²) in [4.78, 5) is 12.7. The van der Waals surface area contributed by atoms with E-state index < -0.39 is 42.8 Å². The third kappa shape index (κ3) is 10.9. The summed E-state index contributed by atoms with van der Waals surface area (Å²) in [5.41, 5.74) is 0. The van der Waals surface area contributed by atoms with Gasteiger partial charge in [0.15, 0.2) is 19.0 Å². The molecule has 9 nitrogen and oxygen atoms in total. The summed E-state index contributed by atoms with van der Waals surface area (Å²) in [7, 11) is 0. The third-order valence-electron chi connectivity index (χ3n) is 4.85. The normalized spacial score (nSPS) is 24.8. The molecule has 1 aliphatic rings. The molecule has 3 unspecified atom stereocenters. The van der Waals surface area contributed by atoms with E-state index in [1.54, 1.807) is 30.4 Å². The summed E-state index contributed by atoms with van der Waals surface area (Å²) in [5, 5.41) is 8.81. The van der Waals surface area contributed by atoms with Gasteiger partial charge in [0.2, 0.25) is 0 Å². The SMILES string of the molecule is C=CCOC[C@H]1OC(O[C@@H](CC(C)C)C(=O)OCC#N)C(OCC=C)[C@@H](OCC=C)C1OCC=C. The highest BCUT2D eigenvalue weighted by atomic mass is 16.7. The first kappa shape index (κ1) is 30.7. The van der Waals surface area contributed by atoms with Gasteiger partial charge in [-0.1, -0.05) is 38.2 Å². The van der Waals surface area contributed by atoms with Crippen molar-refractivity contribution in [3.05, 3.63) is 50.6 Å². The van der Waals surface area contributed by atoms with E-state index in [0.717, 1.165) is 0 Å². The van der Waals surface area contributed by atoms with Gasteiger partial charge in [-0.3, -0.25) is 0 Å². The zero-order valence-electron chi connectivity index (χ0n) is 20.8. The molecule has 0 saturated carbocycles. The van der Waals surface area contributed by atoms with E-state index in [1.807, 2.05) is 13.8 Å². The Hall–Kier alpha value is -2.32. The van der Waals surface area contributed by atoms with Crippen molar-refractivity contribution in [3.63, 3.8) is 0 Å². The summed E-state index contributed by atoms with van der Waals surface area (Å²) in [6.45, 7) is 19.5. The van der Waals surface area contributed by atoms with Crippen LogP contribution in [0.5, 0.6) is 0 Å². The van der Waals surface area contributed by atoms with Gasteiger partial charge in [0.05, 0.1) is 33.0 Å². The van der Waals surface area contributed by atoms with Crippen LogP contribution in [-0.4, -0.2) is 82.4 Å². The number of esters is 1. The lowest BCUT2D eigenvalue weighted by Gasteiger charge is -2.46. The van der Waals surface area contributed by atoms with Crippen molar-refractivity contribution in [2.24, 2.45) is 5.92 Å². The third-order valence-corrected chi connectivity index (χ3v) is 4.85. The lowest BCUT2D eigenvalue weighted by atomic mass is 9.97. The van der Waals surface area contributed by atoms with Gasteiger partial charge in [0, 0.05) is 0 Å². The average molecular weight is 494 g/mol. The predicted octanol–water partition coefficient (Wildman–Crippen LogP) is 3.13. The Kier molecular flexibility index (Phi) is 15.8. The second-order valence-corrected chi connectivity index (χ2v) is 8.15. The van der Waals surface area contributed by atoms with E-state index in [2.05, 4.69) is 26.3 Å². The van der Waals surface area contributed by atoms with Crippen LogP contribution in [0.2, 0.25) is 0 Å². The molecule has 1 fully saturated rings. The standard InChI is InChI=1S/C26H39NO8/c1-7-12-29-18-21-22(30-13-8-2)23(31-14-9-3)24(32-15-10-4)26(35-21)34-20(17-19(5)6)25(28)33-16-11-27/h7-10,19-24,26H,1-4,12-18H2,5-6H3/t20-,21+,22?,23-,24?,26?/m0/s1. The van der Waals surface area contributed by atoms with Crippen LogP contribution < -0.4 is 0 Å². The van der Waals surface area contributed by atoms with Crippen LogP contribution in [0.1, 0.15) is 20.3 Å². The number of nitrogens with zero attached hydrogens (tertiary/aromatic N) is 1. The number of hydrogen-bond acceptors (Lipinski definition) is 9. The summed E-state index contributed by atoms with van der Waals surface area (Å²) < 4.78 is 41.2. The number of carbonyl (C=O) groups excluding carboxylic acids is 1. The fourth-order valence-electron chi connectivity index (χ4n) is 3.49. The quantitative estimate of drug-likeness (QED) is 0.152. The van der Waals surface area contributed by atoms with Crippen molar-refractivity contribution in [1.82, 2.24) is 0 Å². The summed E-state index contributed by atoms with van der Waals surface area (Å²) >= 11 is 0. The van der Waals surface area contributed by atoms with E-state index in [4.69, 9.17) is 38.4 Å². The number of rotatable bonds is 19. The highest BCUT2D eigenvalue weighted by Gasteiger charge is 2.50. The Morgan fingerprint density at radius 2 is 1.51 bits per heavy atom. The maximum Gasteiger partial charge on any atom is 0.336 e. The molecule has 0 radical (unpaired) electrons. The van der Waals surface area contributed by atoms with Crippen LogP contribution in [0.4, 0.5) is 0 Å². The Bertz CT molecular complexity index is 704. The molecule has 6 atom stereocenters. The van der Waals surface area contributed by atoms with Gasteiger partial charge in [-0.25, -0.2) is 4.79 Å². The van der Waals surface area contributed by atoms with Crippen molar-refractivity contribution in [2.75, 3.05) is 39.6 Å². The van der Waals surface area contributed by atoms with Crippen LogP contribution in [0.3, 0.4) is 0 Å². The van der Waals surface area contributed by atoms with Crippen LogP contribution in [0, 0.1) is 17.2 Å². The Morgan fingerprint density at radius 3 is 2.06 bits per heavy atom. The molecule has 0 aromatic heterocycles. The molecule has 196 valence electrons. The molecule has 0 aromatic carbocycles. The van der Waals surface area contributed by atoms with E-state index in [0.29, 0.717) is 13.0 Å². The van der Waals surface area contributed by atoms with Crippen molar-refractivity contribution >= 4 is 5.97 Å². The zero-order valence-corrected chi connectivity index (χ0v) is 20.8. The number of nitriles is 1. The predicted molar refractivity (Wildman–Crippen MR) is 130 cm³/mol. The molecule has 0 bridgehead atoms. The van der Waals surface area contributed by atoms with Crippen molar-refractivity contribution < 1.29 is 38.0 Å². The van der Waals surface area contributed by atoms with Gasteiger partial charge in [-0.2, -0.15) is 5.26 Å². The summed E-state index contributed by atoms with van der Waals surface area (Å²) in [5.74, 6) is -0.548. The first-order valence-electron chi connectivity index (χ1n) is 11.6. The van der Waals surface area contributed by atoms with E-state index in [1.165, 1.54) is 0 Å². The molecule has 9 heteroatoms. The zero-order chi connectivity index (χ0) is 26.1. The lowest BCUT2D eigenvalue weighted by molar-refractivity contribution is -0.327. The first-order chi connectivity index (χ1) is 16.9. The highest BCUT2D eigenvalue weighted by molar-refractivity contribution is 5.74. The van der Waals surface area contributed by atoms with Gasteiger partial charge in [-0.05, 0) is 12.3 Å². The van der Waals surface area contributed by atoms with Gasteiger partial charge in [0.25, 0.3) is 0 Å². The van der Waals surface area contributed by atoms with Crippen molar-refractivity contribution in [3.8, 4) is 6.07 Å². The maximum absolute atomic E-state index is 12.7. The second kappa shape index (κ2) is 18.0. The molecular formula is C26H39NO8. The number of ether oxygens (including phenoxy) is 7. The molecule has 1 heterocycles. The molecule has 1 aliphatic heterocycles. The van der Waals surface area contributed by atoms with Crippen LogP contribution in [0.15, 0.2) is 50.6 Å². The monoisotopic (exact) mass is 493 g/mol. The summed E-state index contributed by atoms with van der Waals surface area (Å²) in [6, 6.07) is 1.79. The minimum Gasteiger partial charge on any atom is -0.448 e. The topological polar surface area (TPSA) is 105 Å². The molecule has 1 rings (SSSR count). The minimum absolute atomic E-state index is 0.106. The molecule has 0 amide bonds. The largest absolute Gasteiger partial charge is 0.448 e. The molecule has 0 aromatic rings. The highest BCUT2D eigenvalue weighted by Crippen LogP contribution is 2.31. The smallest absolute Gasteiger partial charge is 0.336 e. The minimum atomic E-state index is -1.02. The van der Waals surface area contributed by atoms with Gasteiger partial charge >= 0.3 is 5.97 Å². The van der Waals surface area contributed by atoms with E-state index >= 15 is 0 Å². The van der Waals surface area contributed by atoms with E-state index in [-0.39, 0.29) is 39.0 Å². The Morgan fingerprint density at radius 1 is 0.943 bits per heavy atom. The molecule has 35 heavy (non-hydrogen) atoms. The average Bonchev–Trinajstić information content (AvgIpc) is 2.84. The molecule has 0 N–H and O–H groups in total. The molecule has 1 saturated heterocycles. The van der Waals surface area contributed by atoms with Gasteiger partial charge < -0.3 is 33.2 Å². The first-order valence-corrected chi connectivity index (χ1v) is 11.6. The lowest BCUT2D eigenvalue weighted by Crippen LogP contribution is -2.62. The van der Waals surface area contributed by atoms with Gasteiger partial charge in [-0.15, -0.1) is 26.3 Å². The summed E-state index contributed by atoms with van der Waals surface area (Å²) in [6.07, 6.45) is 2.15. The molecule has 0 aliphatic carbocycles. The molecule has 0 spiro atoms. The fraction of sp³-hybridized carbons (Fsp3) is 0.615. The number of hydrogen-bond donors (Lipinski definition) is 0. The van der Waals surface area contributed by atoms with Crippen molar-refractivity contribution in [2.45, 2.75) is 57.1 Å². The van der Waals surface area contributed by atoms with Crippen LogP contribution in [-0.2, 0) is 38.0 Å². The maximum atomic E-state index is 12.7. The van der Waals surface area contributed by atoms with E-state index in [9.17, 15) is 4.79 Å². The van der Waals surface area contributed by atoms with Crippen LogP contribution in [0.25, 0.3) is 0 Å².